The normalized spacial score (nSPS) is 12.3. The van der Waals surface area contributed by atoms with Gasteiger partial charge in [-0.3, -0.25) is 0 Å². The minimum Gasteiger partial charge on any atom is -0.369 e. The molecule has 0 saturated heterocycles. The zero-order valence-corrected chi connectivity index (χ0v) is 12.3. The molecule has 0 fully saturated rings. The highest BCUT2D eigenvalue weighted by atomic mass is 35.5. The Labute approximate surface area is 117 Å². The minimum absolute atomic E-state index is 0.0925. The first kappa shape index (κ1) is 13.5. The molecule has 0 spiro atoms. The first-order chi connectivity index (χ1) is 8.36. The van der Waals surface area contributed by atoms with Crippen molar-refractivity contribution < 1.29 is 0 Å². The van der Waals surface area contributed by atoms with E-state index in [9.17, 15) is 0 Å². The number of benzene rings is 1. The SMILES string of the molecule is CCCC(C)(C)n1c(N)nc2cc(Cl)c(Cl)cc21. The second kappa shape index (κ2) is 4.63. The van der Waals surface area contributed by atoms with E-state index in [0.717, 1.165) is 23.9 Å². The van der Waals surface area contributed by atoms with Crippen LogP contribution in [0.15, 0.2) is 12.1 Å². The van der Waals surface area contributed by atoms with Crippen LogP contribution in [0.4, 0.5) is 5.95 Å². The Balaban J connectivity index is 2.70. The van der Waals surface area contributed by atoms with E-state index in [-0.39, 0.29) is 5.54 Å². The van der Waals surface area contributed by atoms with Gasteiger partial charge < -0.3 is 10.3 Å². The monoisotopic (exact) mass is 285 g/mol. The van der Waals surface area contributed by atoms with Gasteiger partial charge in [-0.05, 0) is 32.4 Å². The van der Waals surface area contributed by atoms with Gasteiger partial charge in [0.2, 0.25) is 5.95 Å². The van der Waals surface area contributed by atoms with Gasteiger partial charge in [0.05, 0.1) is 21.1 Å². The average molecular weight is 286 g/mol. The summed E-state index contributed by atoms with van der Waals surface area (Å²) in [6.45, 7) is 6.45. The summed E-state index contributed by atoms with van der Waals surface area (Å²) in [6.07, 6.45) is 2.09. The Morgan fingerprint density at radius 3 is 2.50 bits per heavy atom. The number of hydrogen-bond acceptors (Lipinski definition) is 2. The summed E-state index contributed by atoms with van der Waals surface area (Å²) in [7, 11) is 0. The van der Waals surface area contributed by atoms with Crippen molar-refractivity contribution in [3.63, 3.8) is 0 Å². The van der Waals surface area contributed by atoms with E-state index in [2.05, 4.69) is 25.8 Å². The third-order valence-electron chi connectivity index (χ3n) is 3.19. The Bertz CT molecular complexity index is 587. The average Bonchev–Trinajstić information content (AvgIpc) is 2.55. The standard InChI is InChI=1S/C13H17Cl2N3/c1-4-5-13(2,3)18-11-7-9(15)8(14)6-10(11)17-12(18)16/h6-7H,4-5H2,1-3H3,(H2,16,17). The molecule has 0 aliphatic rings. The number of anilines is 1. The molecule has 98 valence electrons. The highest BCUT2D eigenvalue weighted by Crippen LogP contribution is 2.34. The Morgan fingerprint density at radius 1 is 1.28 bits per heavy atom. The van der Waals surface area contributed by atoms with Crippen molar-refractivity contribution in [3.05, 3.63) is 22.2 Å². The number of nitrogen functional groups attached to an aromatic ring is 1. The molecule has 0 aliphatic carbocycles. The maximum atomic E-state index is 6.08. The van der Waals surface area contributed by atoms with Crippen molar-refractivity contribution in [1.82, 2.24) is 9.55 Å². The van der Waals surface area contributed by atoms with Crippen molar-refractivity contribution in [1.29, 1.82) is 0 Å². The fraction of sp³-hybridized carbons (Fsp3) is 0.462. The lowest BCUT2D eigenvalue weighted by Gasteiger charge is -2.28. The molecule has 3 nitrogen and oxygen atoms in total. The molecule has 0 radical (unpaired) electrons. The van der Waals surface area contributed by atoms with E-state index in [0.29, 0.717) is 16.0 Å². The van der Waals surface area contributed by atoms with E-state index in [1.54, 1.807) is 6.07 Å². The maximum absolute atomic E-state index is 6.08. The van der Waals surface area contributed by atoms with Gasteiger partial charge in [0.25, 0.3) is 0 Å². The fourth-order valence-corrected chi connectivity index (χ4v) is 2.77. The largest absolute Gasteiger partial charge is 0.369 e. The Hall–Kier alpha value is -0.930. The van der Waals surface area contributed by atoms with Crippen LogP contribution in [0.2, 0.25) is 10.0 Å². The van der Waals surface area contributed by atoms with Gasteiger partial charge in [-0.2, -0.15) is 0 Å². The van der Waals surface area contributed by atoms with Crippen LogP contribution >= 0.6 is 23.2 Å². The zero-order valence-electron chi connectivity index (χ0n) is 10.8. The number of halogens is 2. The van der Waals surface area contributed by atoms with Crippen molar-refractivity contribution >= 4 is 40.2 Å². The number of hydrogen-bond donors (Lipinski definition) is 1. The van der Waals surface area contributed by atoms with Gasteiger partial charge in [0.15, 0.2) is 0 Å². The molecule has 2 N–H and O–H groups in total. The number of nitrogens with two attached hydrogens (primary N) is 1. The Kier molecular flexibility index (Phi) is 3.47. The molecule has 0 bridgehead atoms. The van der Waals surface area contributed by atoms with Crippen LogP contribution in [0.5, 0.6) is 0 Å². The Morgan fingerprint density at radius 2 is 1.89 bits per heavy atom. The third-order valence-corrected chi connectivity index (χ3v) is 3.91. The van der Waals surface area contributed by atoms with Gasteiger partial charge in [0.1, 0.15) is 0 Å². The topological polar surface area (TPSA) is 43.8 Å². The van der Waals surface area contributed by atoms with Crippen LogP contribution in [0, 0.1) is 0 Å². The third kappa shape index (κ3) is 2.17. The van der Waals surface area contributed by atoms with Crippen LogP contribution in [-0.2, 0) is 5.54 Å². The highest BCUT2D eigenvalue weighted by molar-refractivity contribution is 6.42. The predicted molar refractivity (Wildman–Crippen MR) is 78.4 cm³/mol. The molecule has 1 heterocycles. The molecule has 2 aromatic rings. The lowest BCUT2D eigenvalue weighted by molar-refractivity contribution is 0.338. The molecule has 1 aromatic heterocycles. The second-order valence-corrected chi connectivity index (χ2v) is 5.94. The molecule has 18 heavy (non-hydrogen) atoms. The molecule has 5 heteroatoms. The predicted octanol–water partition coefficient (Wildman–Crippen LogP) is 4.46. The summed E-state index contributed by atoms with van der Waals surface area (Å²) in [5, 5.41) is 1.03. The van der Waals surface area contributed by atoms with Crippen LogP contribution < -0.4 is 5.73 Å². The molecular formula is C13H17Cl2N3. The smallest absolute Gasteiger partial charge is 0.201 e. The molecule has 0 amide bonds. The molecule has 1 aromatic carbocycles. The van der Waals surface area contributed by atoms with Crippen LogP contribution in [0.3, 0.4) is 0 Å². The lowest BCUT2D eigenvalue weighted by atomic mass is 9.98. The molecule has 0 unspecified atom stereocenters. The summed E-state index contributed by atoms with van der Waals surface area (Å²) in [4.78, 5) is 4.36. The molecule has 2 rings (SSSR count). The van der Waals surface area contributed by atoms with Gasteiger partial charge in [-0.1, -0.05) is 36.5 Å². The van der Waals surface area contributed by atoms with Gasteiger partial charge >= 0.3 is 0 Å². The van der Waals surface area contributed by atoms with Crippen LogP contribution in [0.25, 0.3) is 11.0 Å². The highest BCUT2D eigenvalue weighted by Gasteiger charge is 2.24. The second-order valence-electron chi connectivity index (χ2n) is 5.12. The number of fused-ring (bicyclic) bond motifs is 1. The number of nitrogens with zero attached hydrogens (tertiary/aromatic N) is 2. The van der Waals surface area contributed by atoms with Crippen LogP contribution in [0.1, 0.15) is 33.6 Å². The van der Waals surface area contributed by atoms with Crippen molar-refractivity contribution in [2.24, 2.45) is 0 Å². The van der Waals surface area contributed by atoms with Crippen molar-refractivity contribution in [2.45, 2.75) is 39.2 Å². The number of aromatic nitrogens is 2. The summed E-state index contributed by atoms with van der Waals surface area (Å²) >= 11 is 12.1. The first-order valence-electron chi connectivity index (χ1n) is 6.00. The van der Waals surface area contributed by atoms with E-state index in [1.165, 1.54) is 0 Å². The lowest BCUT2D eigenvalue weighted by Crippen LogP contribution is -2.27. The van der Waals surface area contributed by atoms with E-state index < -0.39 is 0 Å². The number of rotatable bonds is 3. The fourth-order valence-electron chi connectivity index (χ4n) is 2.45. The molecule has 0 aliphatic heterocycles. The van der Waals surface area contributed by atoms with Gasteiger partial charge in [-0.25, -0.2) is 4.98 Å². The van der Waals surface area contributed by atoms with E-state index >= 15 is 0 Å². The summed E-state index contributed by atoms with van der Waals surface area (Å²) in [5.74, 6) is 0.502. The molecule has 0 atom stereocenters. The quantitative estimate of drug-likeness (QED) is 0.905. The maximum Gasteiger partial charge on any atom is 0.201 e. The van der Waals surface area contributed by atoms with E-state index in [1.807, 2.05) is 10.6 Å². The summed E-state index contributed by atoms with van der Waals surface area (Å²) < 4.78 is 2.04. The van der Waals surface area contributed by atoms with Crippen LogP contribution in [-0.4, -0.2) is 9.55 Å². The first-order valence-corrected chi connectivity index (χ1v) is 6.76. The molecule has 0 saturated carbocycles. The van der Waals surface area contributed by atoms with Gasteiger partial charge in [0, 0.05) is 5.54 Å². The van der Waals surface area contributed by atoms with Crippen molar-refractivity contribution in [3.8, 4) is 0 Å². The zero-order chi connectivity index (χ0) is 13.5. The molecular weight excluding hydrogens is 269 g/mol. The van der Waals surface area contributed by atoms with Gasteiger partial charge in [-0.15, -0.1) is 0 Å². The number of imidazole rings is 1. The summed E-state index contributed by atoms with van der Waals surface area (Å²) in [5.41, 5.74) is 7.66. The van der Waals surface area contributed by atoms with Crippen molar-refractivity contribution in [2.75, 3.05) is 5.73 Å². The minimum atomic E-state index is -0.0925. The summed E-state index contributed by atoms with van der Waals surface area (Å²) in [6, 6.07) is 3.59. The van der Waals surface area contributed by atoms with E-state index in [4.69, 9.17) is 28.9 Å².